The van der Waals surface area contributed by atoms with Crippen LogP contribution in [-0.2, 0) is 10.2 Å². The van der Waals surface area contributed by atoms with Gasteiger partial charge in [-0.2, -0.15) is 13.2 Å². The molecule has 0 saturated carbocycles. The lowest BCUT2D eigenvalue weighted by molar-refractivity contribution is -0.192. The van der Waals surface area contributed by atoms with Crippen LogP contribution in [0.15, 0.2) is 24.3 Å². The summed E-state index contributed by atoms with van der Waals surface area (Å²) in [5, 5.41) is 14.5. The Balaban J connectivity index is 0.000000345. The van der Waals surface area contributed by atoms with Gasteiger partial charge in [-0.15, -0.1) is 0 Å². The predicted molar refractivity (Wildman–Crippen MR) is 99.4 cm³/mol. The van der Waals surface area contributed by atoms with E-state index in [1.54, 1.807) is 0 Å². The van der Waals surface area contributed by atoms with E-state index in [0.29, 0.717) is 5.69 Å². The minimum absolute atomic E-state index is 0.0165. The first-order valence-electron chi connectivity index (χ1n) is 8.83. The lowest BCUT2D eigenvalue weighted by Gasteiger charge is -2.18. The standard InChI is InChI=1S/C17H23N3O.C2HF3O2/c1-17(2,3)12-5-4-11-8-15(20-14(11)9-12)16(21)19-13-6-7-18-10-13;3-2(4,5)1(6)7/h4-5,8-9,13,18,20H,6-7,10H2,1-3H3,(H,19,21);(H,6,7)/t13-;/m0./s1. The number of carbonyl (C=O) groups is 2. The first-order chi connectivity index (χ1) is 12.9. The Kier molecular flexibility index (Phi) is 6.38. The van der Waals surface area contributed by atoms with E-state index in [1.807, 2.05) is 6.07 Å². The van der Waals surface area contributed by atoms with Crippen LogP contribution in [0.2, 0.25) is 0 Å². The smallest absolute Gasteiger partial charge is 0.475 e. The minimum Gasteiger partial charge on any atom is -0.475 e. The molecule has 1 aliphatic rings. The van der Waals surface area contributed by atoms with Gasteiger partial charge in [-0.3, -0.25) is 4.79 Å². The Morgan fingerprint density at radius 3 is 2.32 bits per heavy atom. The average Bonchev–Trinajstić information content (AvgIpc) is 3.21. The summed E-state index contributed by atoms with van der Waals surface area (Å²) in [4.78, 5) is 24.4. The van der Waals surface area contributed by atoms with E-state index in [1.165, 1.54) is 5.56 Å². The number of H-pyrrole nitrogens is 1. The highest BCUT2D eigenvalue weighted by atomic mass is 19.4. The van der Waals surface area contributed by atoms with Gasteiger partial charge in [0.25, 0.3) is 5.91 Å². The topological polar surface area (TPSA) is 94.2 Å². The van der Waals surface area contributed by atoms with Crippen molar-refractivity contribution in [2.45, 2.75) is 44.8 Å². The molecule has 6 nitrogen and oxygen atoms in total. The van der Waals surface area contributed by atoms with Gasteiger partial charge in [-0.25, -0.2) is 4.79 Å². The Bertz CT molecular complexity index is 847. The Hall–Kier alpha value is -2.55. The zero-order chi connectivity index (χ0) is 21.1. The Labute approximate surface area is 160 Å². The molecule has 0 bridgehead atoms. The normalized spacial score (nSPS) is 17.1. The largest absolute Gasteiger partial charge is 0.490 e. The van der Waals surface area contributed by atoms with Gasteiger partial charge in [0.2, 0.25) is 0 Å². The van der Waals surface area contributed by atoms with Gasteiger partial charge < -0.3 is 20.7 Å². The number of carboxylic acids is 1. The number of aromatic amines is 1. The summed E-state index contributed by atoms with van der Waals surface area (Å²) in [6.45, 7) is 8.42. The molecule has 1 fully saturated rings. The molecule has 1 saturated heterocycles. The number of hydrogen-bond donors (Lipinski definition) is 4. The molecule has 2 aromatic rings. The van der Waals surface area contributed by atoms with Gasteiger partial charge in [0.15, 0.2) is 0 Å². The van der Waals surface area contributed by atoms with E-state index in [0.717, 1.165) is 30.4 Å². The number of halogens is 3. The number of alkyl halides is 3. The maximum atomic E-state index is 12.3. The maximum absolute atomic E-state index is 12.3. The first-order valence-corrected chi connectivity index (χ1v) is 8.83. The zero-order valence-electron chi connectivity index (χ0n) is 15.9. The van der Waals surface area contributed by atoms with Crippen LogP contribution in [0.1, 0.15) is 43.2 Å². The summed E-state index contributed by atoms with van der Waals surface area (Å²) in [7, 11) is 0. The van der Waals surface area contributed by atoms with Gasteiger partial charge in [0.05, 0.1) is 0 Å². The molecule has 1 aromatic heterocycles. The van der Waals surface area contributed by atoms with E-state index in [2.05, 4.69) is 54.6 Å². The Morgan fingerprint density at radius 1 is 1.18 bits per heavy atom. The first kappa shape index (κ1) is 21.7. The van der Waals surface area contributed by atoms with Crippen LogP contribution in [0.25, 0.3) is 10.9 Å². The van der Waals surface area contributed by atoms with Crippen LogP contribution in [-0.4, -0.2) is 47.3 Å². The number of aliphatic carboxylic acids is 1. The quantitative estimate of drug-likeness (QED) is 0.624. The van der Waals surface area contributed by atoms with E-state index < -0.39 is 12.1 Å². The highest BCUT2D eigenvalue weighted by molar-refractivity contribution is 5.98. The summed E-state index contributed by atoms with van der Waals surface area (Å²) in [6.07, 6.45) is -4.08. The molecule has 0 radical (unpaired) electrons. The average molecular weight is 399 g/mol. The third-order valence-electron chi connectivity index (χ3n) is 4.37. The van der Waals surface area contributed by atoms with Gasteiger partial charge in [0.1, 0.15) is 5.69 Å². The summed E-state index contributed by atoms with van der Waals surface area (Å²) < 4.78 is 31.7. The fourth-order valence-electron chi connectivity index (χ4n) is 2.76. The van der Waals surface area contributed by atoms with Gasteiger partial charge in [-0.05, 0) is 36.1 Å². The van der Waals surface area contributed by atoms with Crippen molar-refractivity contribution < 1.29 is 27.9 Å². The van der Waals surface area contributed by atoms with Gasteiger partial charge >= 0.3 is 12.1 Å². The van der Waals surface area contributed by atoms with Crippen LogP contribution in [0.5, 0.6) is 0 Å². The second-order valence-corrected chi connectivity index (χ2v) is 7.70. The summed E-state index contributed by atoms with van der Waals surface area (Å²) in [5.41, 5.74) is 3.04. The van der Waals surface area contributed by atoms with Crippen LogP contribution in [0.4, 0.5) is 13.2 Å². The van der Waals surface area contributed by atoms with E-state index in [-0.39, 0.29) is 17.4 Å². The number of amides is 1. The number of hydrogen-bond acceptors (Lipinski definition) is 3. The summed E-state index contributed by atoms with van der Waals surface area (Å²) in [5.74, 6) is -2.77. The number of nitrogens with one attached hydrogen (secondary N) is 3. The molecule has 0 aliphatic carbocycles. The molecule has 1 amide bonds. The third kappa shape index (κ3) is 5.72. The second-order valence-electron chi connectivity index (χ2n) is 7.70. The van der Waals surface area contributed by atoms with Gasteiger partial charge in [0, 0.05) is 23.5 Å². The summed E-state index contributed by atoms with van der Waals surface area (Å²) in [6, 6.07) is 8.54. The van der Waals surface area contributed by atoms with Crippen LogP contribution in [0.3, 0.4) is 0 Å². The zero-order valence-corrected chi connectivity index (χ0v) is 15.9. The lowest BCUT2D eigenvalue weighted by atomic mass is 9.87. The highest BCUT2D eigenvalue weighted by Gasteiger charge is 2.38. The van der Waals surface area contributed by atoms with Crippen molar-refractivity contribution in [3.05, 3.63) is 35.5 Å². The van der Waals surface area contributed by atoms with E-state index in [4.69, 9.17) is 9.90 Å². The maximum Gasteiger partial charge on any atom is 0.490 e. The summed E-state index contributed by atoms with van der Waals surface area (Å²) >= 11 is 0. The molecule has 4 N–H and O–H groups in total. The van der Waals surface area contributed by atoms with Crippen LogP contribution in [0, 0.1) is 0 Å². The van der Waals surface area contributed by atoms with Crippen molar-refractivity contribution in [2.75, 3.05) is 13.1 Å². The number of fused-ring (bicyclic) bond motifs is 1. The molecule has 28 heavy (non-hydrogen) atoms. The second kappa shape index (κ2) is 8.22. The molecule has 1 aromatic carbocycles. The van der Waals surface area contributed by atoms with E-state index >= 15 is 0 Å². The Morgan fingerprint density at radius 2 is 1.82 bits per heavy atom. The molecule has 1 aliphatic heterocycles. The van der Waals surface area contributed by atoms with Gasteiger partial charge in [-0.1, -0.05) is 32.9 Å². The van der Waals surface area contributed by atoms with Crippen LogP contribution < -0.4 is 10.6 Å². The fourth-order valence-corrected chi connectivity index (χ4v) is 2.76. The number of aromatic nitrogens is 1. The van der Waals surface area contributed by atoms with Crippen molar-refractivity contribution in [1.29, 1.82) is 0 Å². The van der Waals surface area contributed by atoms with E-state index in [9.17, 15) is 18.0 Å². The fraction of sp³-hybridized carbons (Fsp3) is 0.474. The molecule has 1 atom stereocenters. The van der Waals surface area contributed by atoms with Crippen molar-refractivity contribution in [2.24, 2.45) is 0 Å². The number of benzene rings is 1. The molecular formula is C19H24F3N3O3. The van der Waals surface area contributed by atoms with Crippen molar-refractivity contribution in [3.63, 3.8) is 0 Å². The molecular weight excluding hydrogens is 375 g/mol. The predicted octanol–water partition coefficient (Wildman–Crippen LogP) is 3.19. The van der Waals surface area contributed by atoms with Crippen molar-refractivity contribution in [1.82, 2.24) is 15.6 Å². The number of carbonyl (C=O) groups excluding carboxylic acids is 1. The monoisotopic (exact) mass is 399 g/mol. The molecule has 0 spiro atoms. The molecule has 154 valence electrons. The third-order valence-corrected chi connectivity index (χ3v) is 4.37. The number of rotatable bonds is 2. The molecule has 2 heterocycles. The lowest BCUT2D eigenvalue weighted by Crippen LogP contribution is -2.36. The molecule has 3 rings (SSSR count). The SMILES string of the molecule is CC(C)(C)c1ccc2cc(C(=O)N[C@H]3CCNC3)[nH]c2c1.O=C(O)C(F)(F)F. The van der Waals surface area contributed by atoms with Crippen molar-refractivity contribution in [3.8, 4) is 0 Å². The number of carboxylic acid groups (broad SMARTS) is 1. The highest BCUT2D eigenvalue weighted by Crippen LogP contribution is 2.26. The molecule has 0 unspecified atom stereocenters. The van der Waals surface area contributed by atoms with Crippen molar-refractivity contribution >= 4 is 22.8 Å². The minimum atomic E-state index is -5.08. The van der Waals surface area contributed by atoms with Crippen LogP contribution >= 0.6 is 0 Å². The molecule has 9 heteroatoms.